The van der Waals surface area contributed by atoms with Gasteiger partial charge >= 0.3 is 0 Å². The Labute approximate surface area is 125 Å². The Kier molecular flexibility index (Phi) is 7.57. The molecule has 0 aromatic rings. The van der Waals surface area contributed by atoms with Gasteiger partial charge in [-0.1, -0.05) is 33.6 Å². The molecule has 3 unspecified atom stereocenters. The number of rotatable bonds is 7. The molecule has 0 bridgehead atoms. The van der Waals surface area contributed by atoms with Gasteiger partial charge in [-0.25, -0.2) is 0 Å². The molecule has 118 valence electrons. The van der Waals surface area contributed by atoms with Gasteiger partial charge in [0.2, 0.25) is 5.91 Å². The predicted octanol–water partition coefficient (Wildman–Crippen LogP) is 3.42. The number of nitrogens with two attached hydrogens (primary N) is 1. The van der Waals surface area contributed by atoms with Crippen molar-refractivity contribution in [1.82, 2.24) is 4.90 Å². The molecule has 1 aliphatic carbocycles. The summed E-state index contributed by atoms with van der Waals surface area (Å²) in [6, 6.07) is 0.461. The van der Waals surface area contributed by atoms with E-state index in [-0.39, 0.29) is 0 Å². The van der Waals surface area contributed by atoms with E-state index < -0.39 is 0 Å². The molecule has 1 fully saturated rings. The summed E-state index contributed by atoms with van der Waals surface area (Å²) >= 11 is 0. The first-order valence-electron chi connectivity index (χ1n) is 8.43. The lowest BCUT2D eigenvalue weighted by Crippen LogP contribution is -2.42. The van der Waals surface area contributed by atoms with Crippen molar-refractivity contribution in [2.24, 2.45) is 23.5 Å². The molecule has 3 atom stereocenters. The number of hydrogen-bond donors (Lipinski definition) is 1. The number of nitrogens with zero attached hydrogens (tertiary/aromatic N) is 1. The van der Waals surface area contributed by atoms with Crippen LogP contribution in [-0.4, -0.2) is 30.4 Å². The quantitative estimate of drug-likeness (QED) is 0.777. The van der Waals surface area contributed by atoms with Crippen LogP contribution in [-0.2, 0) is 4.79 Å². The lowest BCUT2D eigenvalue weighted by Gasteiger charge is -2.36. The maximum Gasteiger partial charge on any atom is 0.222 e. The van der Waals surface area contributed by atoms with Gasteiger partial charge in [0.05, 0.1) is 0 Å². The summed E-state index contributed by atoms with van der Waals surface area (Å²) in [4.78, 5) is 14.4. The molecule has 1 aliphatic rings. The Morgan fingerprint density at radius 1 is 1.25 bits per heavy atom. The van der Waals surface area contributed by atoms with Crippen LogP contribution in [0.15, 0.2) is 0 Å². The minimum atomic E-state index is 0.325. The minimum Gasteiger partial charge on any atom is -0.343 e. The molecule has 1 saturated carbocycles. The molecule has 20 heavy (non-hydrogen) atoms. The largest absolute Gasteiger partial charge is 0.343 e. The normalized spacial score (nSPS) is 24.7. The fourth-order valence-corrected chi connectivity index (χ4v) is 3.57. The first-order valence-corrected chi connectivity index (χ1v) is 8.43. The first-order chi connectivity index (χ1) is 9.47. The molecule has 0 spiro atoms. The highest BCUT2D eigenvalue weighted by Crippen LogP contribution is 2.28. The summed E-state index contributed by atoms with van der Waals surface area (Å²) in [5, 5.41) is 0. The van der Waals surface area contributed by atoms with Crippen molar-refractivity contribution >= 4 is 5.91 Å². The van der Waals surface area contributed by atoms with E-state index in [1.54, 1.807) is 0 Å². The van der Waals surface area contributed by atoms with E-state index in [0.717, 1.165) is 19.4 Å². The lowest BCUT2D eigenvalue weighted by molar-refractivity contribution is -0.134. The summed E-state index contributed by atoms with van der Waals surface area (Å²) in [7, 11) is 2.00. The van der Waals surface area contributed by atoms with E-state index in [2.05, 4.69) is 20.8 Å². The van der Waals surface area contributed by atoms with Crippen LogP contribution in [0.2, 0.25) is 0 Å². The van der Waals surface area contributed by atoms with E-state index in [9.17, 15) is 4.79 Å². The fourth-order valence-electron chi connectivity index (χ4n) is 3.57. The Morgan fingerprint density at radius 3 is 2.45 bits per heavy atom. The van der Waals surface area contributed by atoms with E-state index in [1.807, 2.05) is 11.9 Å². The number of hydrogen-bond acceptors (Lipinski definition) is 2. The Hall–Kier alpha value is -0.570. The van der Waals surface area contributed by atoms with Crippen molar-refractivity contribution in [1.29, 1.82) is 0 Å². The molecule has 0 saturated heterocycles. The zero-order valence-corrected chi connectivity index (χ0v) is 13.9. The fraction of sp³-hybridized carbons (Fsp3) is 0.941. The second kappa shape index (κ2) is 8.66. The van der Waals surface area contributed by atoms with Crippen molar-refractivity contribution in [3.8, 4) is 0 Å². The van der Waals surface area contributed by atoms with Crippen molar-refractivity contribution in [3.05, 3.63) is 0 Å². The second-order valence-electron chi connectivity index (χ2n) is 6.95. The highest BCUT2D eigenvalue weighted by atomic mass is 16.2. The molecule has 0 aromatic carbocycles. The van der Waals surface area contributed by atoms with Gasteiger partial charge in [-0.15, -0.1) is 0 Å². The summed E-state index contributed by atoms with van der Waals surface area (Å²) < 4.78 is 0. The van der Waals surface area contributed by atoms with Gasteiger partial charge in [0.15, 0.2) is 0 Å². The molecule has 0 heterocycles. The second-order valence-corrected chi connectivity index (χ2v) is 6.95. The van der Waals surface area contributed by atoms with Crippen LogP contribution in [0.5, 0.6) is 0 Å². The highest BCUT2D eigenvalue weighted by Gasteiger charge is 2.28. The number of amides is 1. The molecule has 2 N–H and O–H groups in total. The zero-order valence-electron chi connectivity index (χ0n) is 13.9. The van der Waals surface area contributed by atoms with E-state index >= 15 is 0 Å². The summed E-state index contributed by atoms with van der Waals surface area (Å²) in [6.45, 7) is 7.49. The Bertz CT molecular complexity index is 291. The monoisotopic (exact) mass is 282 g/mol. The summed E-state index contributed by atoms with van der Waals surface area (Å²) in [5.74, 6) is 2.18. The first kappa shape index (κ1) is 17.5. The Balaban J connectivity index is 2.44. The smallest absolute Gasteiger partial charge is 0.222 e. The third-order valence-corrected chi connectivity index (χ3v) is 5.17. The van der Waals surface area contributed by atoms with Crippen molar-refractivity contribution in [3.63, 3.8) is 0 Å². The van der Waals surface area contributed by atoms with E-state index in [4.69, 9.17) is 5.73 Å². The molecule has 1 amide bonds. The van der Waals surface area contributed by atoms with Crippen LogP contribution in [0.4, 0.5) is 0 Å². The molecule has 3 heteroatoms. The van der Waals surface area contributed by atoms with Crippen LogP contribution in [0, 0.1) is 17.8 Å². The van der Waals surface area contributed by atoms with Gasteiger partial charge < -0.3 is 10.6 Å². The van der Waals surface area contributed by atoms with Gasteiger partial charge in [0, 0.05) is 19.5 Å². The average Bonchev–Trinajstić information content (AvgIpc) is 2.42. The highest BCUT2D eigenvalue weighted by molar-refractivity contribution is 5.76. The van der Waals surface area contributed by atoms with Gasteiger partial charge in [-0.2, -0.15) is 0 Å². The molecule has 0 aromatic heterocycles. The predicted molar refractivity (Wildman–Crippen MR) is 85.4 cm³/mol. The molecular weight excluding hydrogens is 248 g/mol. The third kappa shape index (κ3) is 5.08. The number of carbonyl (C=O) groups is 1. The molecule has 0 radical (unpaired) electrons. The van der Waals surface area contributed by atoms with Gasteiger partial charge in [-0.3, -0.25) is 4.79 Å². The average molecular weight is 282 g/mol. The van der Waals surface area contributed by atoms with Crippen molar-refractivity contribution in [2.45, 2.75) is 71.8 Å². The third-order valence-electron chi connectivity index (χ3n) is 5.17. The SMILES string of the molecule is CC(C)C(CCN)CCC(=O)N(C)C1CCCCC1C. The zero-order chi connectivity index (χ0) is 15.1. The van der Waals surface area contributed by atoms with Crippen molar-refractivity contribution in [2.75, 3.05) is 13.6 Å². The van der Waals surface area contributed by atoms with Crippen LogP contribution in [0.3, 0.4) is 0 Å². The molecule has 1 rings (SSSR count). The van der Waals surface area contributed by atoms with E-state index in [0.29, 0.717) is 36.1 Å². The minimum absolute atomic E-state index is 0.325. The Morgan fingerprint density at radius 2 is 1.90 bits per heavy atom. The van der Waals surface area contributed by atoms with Crippen molar-refractivity contribution < 1.29 is 4.79 Å². The topological polar surface area (TPSA) is 46.3 Å². The van der Waals surface area contributed by atoms with Gasteiger partial charge in [0.1, 0.15) is 0 Å². The van der Waals surface area contributed by atoms with Crippen LogP contribution < -0.4 is 5.73 Å². The van der Waals surface area contributed by atoms with Crippen LogP contribution >= 0.6 is 0 Å². The lowest BCUT2D eigenvalue weighted by atomic mass is 9.84. The maximum atomic E-state index is 12.4. The summed E-state index contributed by atoms with van der Waals surface area (Å²) in [5.41, 5.74) is 5.67. The molecule has 3 nitrogen and oxygen atoms in total. The standard InChI is InChI=1S/C17H34N2O/c1-13(2)15(11-12-18)9-10-17(20)19(4)16-8-6-5-7-14(16)3/h13-16H,5-12,18H2,1-4H3. The van der Waals surface area contributed by atoms with Gasteiger partial charge in [-0.05, 0) is 50.0 Å². The maximum absolute atomic E-state index is 12.4. The van der Waals surface area contributed by atoms with Crippen LogP contribution in [0.1, 0.15) is 65.7 Å². The van der Waals surface area contributed by atoms with Crippen LogP contribution in [0.25, 0.3) is 0 Å². The summed E-state index contributed by atoms with van der Waals surface area (Å²) in [6.07, 6.45) is 7.75. The molecular formula is C17H34N2O. The molecule has 0 aliphatic heterocycles. The van der Waals surface area contributed by atoms with E-state index in [1.165, 1.54) is 25.7 Å². The van der Waals surface area contributed by atoms with Gasteiger partial charge in [0.25, 0.3) is 0 Å². The number of carbonyl (C=O) groups excluding carboxylic acids is 1.